The monoisotopic (exact) mass is 384 g/mol. The number of phenols is 2. The molecule has 0 radical (unpaired) electrons. The van der Waals surface area contributed by atoms with Crippen molar-refractivity contribution in [1.29, 1.82) is 0 Å². The molecule has 3 rings (SSSR count). The van der Waals surface area contributed by atoms with Crippen molar-refractivity contribution in [3.63, 3.8) is 0 Å². The van der Waals surface area contributed by atoms with E-state index in [1.54, 1.807) is 48.5 Å². The molecule has 1 unspecified atom stereocenters. The molecule has 0 heterocycles. The van der Waals surface area contributed by atoms with Crippen LogP contribution in [-0.2, 0) is 11.4 Å². The summed E-state index contributed by atoms with van der Waals surface area (Å²) in [6.45, 7) is 0.184. The van der Waals surface area contributed by atoms with Crippen molar-refractivity contribution in [3.05, 3.63) is 82.9 Å². The Bertz CT molecular complexity index is 941. The first-order valence-corrected chi connectivity index (χ1v) is 8.54. The molecule has 0 fully saturated rings. The maximum atomic E-state index is 11.5. The highest BCUT2D eigenvalue weighted by Gasteiger charge is 2.16. The largest absolute Gasteiger partial charge is 0.508 e. The number of halogens is 1. The average molecular weight is 385 g/mol. The molecule has 0 aliphatic carbocycles. The molecule has 0 spiro atoms. The van der Waals surface area contributed by atoms with E-state index in [1.807, 2.05) is 6.07 Å². The first-order valence-electron chi connectivity index (χ1n) is 8.16. The van der Waals surface area contributed by atoms with Gasteiger partial charge in [0.05, 0.1) is 0 Å². The maximum Gasteiger partial charge on any atom is 0.179 e. The van der Waals surface area contributed by atoms with Crippen LogP contribution in [0.2, 0.25) is 5.02 Å². The van der Waals surface area contributed by atoms with Crippen LogP contribution in [0.3, 0.4) is 0 Å². The van der Waals surface area contributed by atoms with E-state index in [0.29, 0.717) is 28.4 Å². The topological polar surface area (TPSA) is 76.0 Å². The summed E-state index contributed by atoms with van der Waals surface area (Å²) in [6, 6.07) is 17.8. The van der Waals surface area contributed by atoms with E-state index in [1.165, 1.54) is 12.1 Å². The lowest BCUT2D eigenvalue weighted by molar-refractivity contribution is -0.113. The van der Waals surface area contributed by atoms with Gasteiger partial charge in [0.15, 0.2) is 23.9 Å². The minimum atomic E-state index is -0.915. The highest BCUT2D eigenvalue weighted by molar-refractivity contribution is 6.30. The molecule has 138 valence electrons. The summed E-state index contributed by atoms with van der Waals surface area (Å²) in [5.41, 5.74) is 1.28. The number of aromatic hydroxyl groups is 2. The normalized spacial score (nSPS) is 11.6. The third-order valence-electron chi connectivity index (χ3n) is 3.79. The fraction of sp³-hybridized carbons (Fsp3) is 0.0952. The third kappa shape index (κ3) is 4.92. The second-order valence-electron chi connectivity index (χ2n) is 5.82. The molecular formula is C21H17ClO5. The number of phenolic OH excluding ortho intramolecular Hbond substituents is 2. The Hall–Kier alpha value is -3.18. The van der Waals surface area contributed by atoms with Gasteiger partial charge in [0.2, 0.25) is 0 Å². The SMILES string of the molecule is O=CC(Oc1ccc(Cl)cc1OCc1cccc(O)c1)c1cccc(O)c1. The quantitative estimate of drug-likeness (QED) is 0.580. The summed E-state index contributed by atoms with van der Waals surface area (Å²) in [7, 11) is 0. The van der Waals surface area contributed by atoms with Gasteiger partial charge in [-0.15, -0.1) is 0 Å². The highest BCUT2D eigenvalue weighted by Crippen LogP contribution is 2.34. The van der Waals surface area contributed by atoms with Crippen LogP contribution >= 0.6 is 11.6 Å². The van der Waals surface area contributed by atoms with Crippen LogP contribution in [0.4, 0.5) is 0 Å². The molecule has 0 aliphatic rings. The summed E-state index contributed by atoms with van der Waals surface area (Å²) < 4.78 is 11.6. The van der Waals surface area contributed by atoms with Gasteiger partial charge in [0, 0.05) is 16.7 Å². The molecule has 0 aromatic heterocycles. The first-order chi connectivity index (χ1) is 13.0. The average Bonchev–Trinajstić information content (AvgIpc) is 2.65. The molecule has 0 saturated carbocycles. The van der Waals surface area contributed by atoms with Gasteiger partial charge >= 0.3 is 0 Å². The number of ether oxygens (including phenoxy) is 2. The first kappa shape index (κ1) is 18.6. The fourth-order valence-corrected chi connectivity index (χ4v) is 2.67. The van der Waals surface area contributed by atoms with Gasteiger partial charge < -0.3 is 19.7 Å². The molecule has 2 N–H and O–H groups in total. The number of carbonyl (C=O) groups is 1. The molecule has 0 saturated heterocycles. The molecule has 27 heavy (non-hydrogen) atoms. The Morgan fingerprint density at radius 1 is 0.926 bits per heavy atom. The summed E-state index contributed by atoms with van der Waals surface area (Å²) >= 11 is 6.05. The van der Waals surface area contributed by atoms with Crippen LogP contribution in [0.25, 0.3) is 0 Å². The number of rotatable bonds is 7. The summed E-state index contributed by atoms with van der Waals surface area (Å²) in [5, 5.41) is 19.6. The zero-order valence-corrected chi connectivity index (χ0v) is 15.0. The van der Waals surface area contributed by atoms with Gasteiger partial charge in [-0.05, 0) is 42.0 Å². The van der Waals surface area contributed by atoms with E-state index >= 15 is 0 Å². The lowest BCUT2D eigenvalue weighted by Gasteiger charge is -2.17. The number of carbonyl (C=O) groups excluding carboxylic acids is 1. The number of hydrogen-bond acceptors (Lipinski definition) is 5. The number of hydrogen-bond donors (Lipinski definition) is 2. The zero-order chi connectivity index (χ0) is 19.2. The van der Waals surface area contributed by atoms with E-state index in [9.17, 15) is 15.0 Å². The van der Waals surface area contributed by atoms with E-state index < -0.39 is 6.10 Å². The second kappa shape index (κ2) is 8.47. The Morgan fingerprint density at radius 2 is 1.67 bits per heavy atom. The van der Waals surface area contributed by atoms with E-state index in [2.05, 4.69) is 0 Å². The van der Waals surface area contributed by atoms with Crippen molar-refractivity contribution in [1.82, 2.24) is 0 Å². The standard InChI is InChI=1S/C21H17ClO5/c22-16-7-8-19(27-21(12-23)15-4-2-6-18(25)10-15)20(11-16)26-13-14-3-1-5-17(24)9-14/h1-12,21,24-25H,13H2. The van der Waals surface area contributed by atoms with Crippen molar-refractivity contribution >= 4 is 17.9 Å². The smallest absolute Gasteiger partial charge is 0.179 e. The molecule has 3 aromatic rings. The van der Waals surface area contributed by atoms with Gasteiger partial charge in [-0.2, -0.15) is 0 Å². The second-order valence-corrected chi connectivity index (χ2v) is 6.26. The van der Waals surface area contributed by atoms with E-state index in [4.69, 9.17) is 21.1 Å². The van der Waals surface area contributed by atoms with Gasteiger partial charge in [-0.1, -0.05) is 35.9 Å². The van der Waals surface area contributed by atoms with Crippen molar-refractivity contribution < 1.29 is 24.5 Å². The zero-order valence-electron chi connectivity index (χ0n) is 14.2. The van der Waals surface area contributed by atoms with E-state index in [0.717, 1.165) is 5.56 Å². The Balaban J connectivity index is 1.81. The lowest BCUT2D eigenvalue weighted by Crippen LogP contribution is -2.10. The molecule has 3 aromatic carbocycles. The molecular weight excluding hydrogens is 368 g/mol. The predicted molar refractivity (Wildman–Crippen MR) is 101 cm³/mol. The number of benzene rings is 3. The van der Waals surface area contributed by atoms with E-state index in [-0.39, 0.29) is 18.1 Å². The Kier molecular flexibility index (Phi) is 5.84. The summed E-state index contributed by atoms with van der Waals surface area (Å²) in [6.07, 6.45) is -0.274. The van der Waals surface area contributed by atoms with Crippen LogP contribution in [-0.4, -0.2) is 16.5 Å². The van der Waals surface area contributed by atoms with Crippen molar-refractivity contribution in [2.45, 2.75) is 12.7 Å². The molecule has 0 bridgehead atoms. The van der Waals surface area contributed by atoms with Crippen LogP contribution < -0.4 is 9.47 Å². The minimum absolute atomic E-state index is 0.0411. The van der Waals surface area contributed by atoms with Gasteiger partial charge in [0.1, 0.15) is 18.1 Å². The predicted octanol–water partition coefficient (Wildman–Crippen LogP) is 4.65. The van der Waals surface area contributed by atoms with Gasteiger partial charge in [0.25, 0.3) is 0 Å². The Morgan fingerprint density at radius 3 is 2.37 bits per heavy atom. The van der Waals surface area contributed by atoms with Crippen LogP contribution in [0.5, 0.6) is 23.0 Å². The van der Waals surface area contributed by atoms with Crippen LogP contribution in [0.15, 0.2) is 66.7 Å². The molecule has 1 atom stereocenters. The molecule has 5 nitrogen and oxygen atoms in total. The third-order valence-corrected chi connectivity index (χ3v) is 4.02. The molecule has 0 aliphatic heterocycles. The fourth-order valence-electron chi connectivity index (χ4n) is 2.51. The molecule has 0 amide bonds. The number of aldehydes is 1. The molecule has 6 heteroatoms. The van der Waals surface area contributed by atoms with Crippen LogP contribution in [0.1, 0.15) is 17.2 Å². The highest BCUT2D eigenvalue weighted by atomic mass is 35.5. The van der Waals surface area contributed by atoms with Crippen molar-refractivity contribution in [2.24, 2.45) is 0 Å². The maximum absolute atomic E-state index is 11.5. The van der Waals surface area contributed by atoms with Gasteiger partial charge in [-0.3, -0.25) is 4.79 Å². The minimum Gasteiger partial charge on any atom is -0.508 e. The van der Waals surface area contributed by atoms with Crippen LogP contribution in [0, 0.1) is 0 Å². The van der Waals surface area contributed by atoms with Gasteiger partial charge in [-0.25, -0.2) is 0 Å². The summed E-state index contributed by atoms with van der Waals surface area (Å²) in [5.74, 6) is 0.876. The van der Waals surface area contributed by atoms with Crippen molar-refractivity contribution in [2.75, 3.05) is 0 Å². The lowest BCUT2D eigenvalue weighted by atomic mass is 10.1. The Labute approximate surface area is 161 Å². The van der Waals surface area contributed by atoms with Crippen molar-refractivity contribution in [3.8, 4) is 23.0 Å². The summed E-state index contributed by atoms with van der Waals surface area (Å²) in [4.78, 5) is 11.5.